The standard InChI is InChI=1S/C10H6BrNO2/c1-6(14)7-2-8(5-13)9(4-12)10(11)3-7/h2-3,5H,1H3. The number of carbonyl (C=O) groups excluding carboxylic acids is 2. The molecule has 1 aromatic carbocycles. The highest BCUT2D eigenvalue weighted by Crippen LogP contribution is 2.21. The Bertz CT molecular complexity index is 446. The number of ketones is 1. The van der Waals surface area contributed by atoms with Gasteiger partial charge in [0.25, 0.3) is 0 Å². The van der Waals surface area contributed by atoms with Crippen molar-refractivity contribution in [3.05, 3.63) is 33.3 Å². The lowest BCUT2D eigenvalue weighted by molar-refractivity contribution is 0.101. The second-order valence-corrected chi connectivity index (χ2v) is 3.56. The lowest BCUT2D eigenvalue weighted by Crippen LogP contribution is -1.97. The van der Waals surface area contributed by atoms with E-state index in [0.29, 0.717) is 16.3 Å². The fraction of sp³-hybridized carbons (Fsp3) is 0.100. The average Bonchev–Trinajstić information content (AvgIpc) is 2.16. The van der Waals surface area contributed by atoms with E-state index >= 15 is 0 Å². The zero-order valence-electron chi connectivity index (χ0n) is 7.37. The van der Waals surface area contributed by atoms with Crippen LogP contribution in [0.4, 0.5) is 0 Å². The summed E-state index contributed by atoms with van der Waals surface area (Å²) >= 11 is 3.13. The molecule has 0 unspecified atom stereocenters. The molecule has 3 nitrogen and oxygen atoms in total. The Labute approximate surface area is 89.5 Å². The Balaban J connectivity index is 3.48. The molecule has 0 aromatic heterocycles. The molecule has 0 aliphatic carbocycles. The molecule has 1 rings (SSSR count). The molecule has 0 atom stereocenters. The minimum atomic E-state index is -0.140. The number of benzene rings is 1. The van der Waals surface area contributed by atoms with Crippen molar-refractivity contribution < 1.29 is 9.59 Å². The Morgan fingerprint density at radius 3 is 2.64 bits per heavy atom. The highest BCUT2D eigenvalue weighted by molar-refractivity contribution is 9.10. The molecule has 70 valence electrons. The fourth-order valence-electron chi connectivity index (χ4n) is 1.04. The molecule has 4 heteroatoms. The van der Waals surface area contributed by atoms with Crippen LogP contribution in [0.2, 0.25) is 0 Å². The Morgan fingerprint density at radius 1 is 1.57 bits per heavy atom. The third-order valence-electron chi connectivity index (χ3n) is 1.77. The third kappa shape index (κ3) is 1.88. The van der Waals surface area contributed by atoms with Gasteiger partial charge in [0.05, 0.1) is 5.56 Å². The zero-order chi connectivity index (χ0) is 10.7. The van der Waals surface area contributed by atoms with E-state index in [-0.39, 0.29) is 16.9 Å². The average molecular weight is 252 g/mol. The van der Waals surface area contributed by atoms with Gasteiger partial charge >= 0.3 is 0 Å². The molecule has 0 aliphatic heterocycles. The normalized spacial score (nSPS) is 9.21. The molecular weight excluding hydrogens is 246 g/mol. The molecular formula is C10H6BrNO2. The van der Waals surface area contributed by atoms with Gasteiger partial charge in [-0.2, -0.15) is 5.26 Å². The maximum absolute atomic E-state index is 11.0. The molecule has 0 amide bonds. The first-order valence-corrected chi connectivity index (χ1v) is 4.59. The van der Waals surface area contributed by atoms with E-state index in [2.05, 4.69) is 15.9 Å². The Kier molecular flexibility index (Phi) is 3.15. The first kappa shape index (κ1) is 10.6. The number of carbonyl (C=O) groups is 2. The van der Waals surface area contributed by atoms with Gasteiger partial charge < -0.3 is 0 Å². The summed E-state index contributed by atoms with van der Waals surface area (Å²) in [6.45, 7) is 1.41. The highest BCUT2D eigenvalue weighted by Gasteiger charge is 2.10. The van der Waals surface area contributed by atoms with Gasteiger partial charge in [-0.1, -0.05) is 0 Å². The van der Waals surface area contributed by atoms with Crippen LogP contribution in [0.25, 0.3) is 0 Å². The van der Waals surface area contributed by atoms with Crippen molar-refractivity contribution in [1.29, 1.82) is 5.26 Å². The van der Waals surface area contributed by atoms with Gasteiger partial charge in [-0.3, -0.25) is 9.59 Å². The SMILES string of the molecule is CC(=O)c1cc(Br)c(C#N)c(C=O)c1. The minimum Gasteiger partial charge on any atom is -0.298 e. The number of aldehydes is 1. The summed E-state index contributed by atoms with van der Waals surface area (Å²) in [5, 5.41) is 8.74. The van der Waals surface area contributed by atoms with Crippen molar-refractivity contribution in [2.24, 2.45) is 0 Å². The number of halogens is 1. The van der Waals surface area contributed by atoms with E-state index in [1.165, 1.54) is 19.1 Å². The summed E-state index contributed by atoms with van der Waals surface area (Å²) in [6.07, 6.45) is 0.565. The van der Waals surface area contributed by atoms with E-state index in [4.69, 9.17) is 5.26 Å². The number of Topliss-reactive ketones (excluding diaryl/α,β-unsaturated/α-hetero) is 1. The molecule has 1 aromatic rings. The molecule has 0 heterocycles. The maximum atomic E-state index is 11.0. The van der Waals surface area contributed by atoms with Crippen LogP contribution in [-0.2, 0) is 0 Å². The van der Waals surface area contributed by atoms with Crippen LogP contribution < -0.4 is 0 Å². The first-order valence-electron chi connectivity index (χ1n) is 3.80. The van der Waals surface area contributed by atoms with E-state index in [1.807, 2.05) is 6.07 Å². The van der Waals surface area contributed by atoms with Crippen molar-refractivity contribution in [3.8, 4) is 6.07 Å². The van der Waals surface area contributed by atoms with Crippen molar-refractivity contribution in [2.45, 2.75) is 6.92 Å². The number of hydrogen-bond acceptors (Lipinski definition) is 3. The summed E-state index contributed by atoms with van der Waals surface area (Å²) in [5.41, 5.74) is 0.898. The van der Waals surface area contributed by atoms with E-state index < -0.39 is 0 Å². The van der Waals surface area contributed by atoms with Crippen molar-refractivity contribution in [3.63, 3.8) is 0 Å². The van der Waals surface area contributed by atoms with Crippen LogP contribution in [-0.4, -0.2) is 12.1 Å². The van der Waals surface area contributed by atoms with Crippen LogP contribution >= 0.6 is 15.9 Å². The molecule has 0 bridgehead atoms. The fourth-order valence-corrected chi connectivity index (χ4v) is 1.61. The summed E-state index contributed by atoms with van der Waals surface area (Å²) in [5.74, 6) is -0.140. The third-order valence-corrected chi connectivity index (χ3v) is 2.39. The molecule has 0 saturated carbocycles. The smallest absolute Gasteiger partial charge is 0.159 e. The van der Waals surface area contributed by atoms with Gasteiger partial charge in [-0.25, -0.2) is 0 Å². The summed E-state index contributed by atoms with van der Waals surface area (Å²) in [7, 11) is 0. The van der Waals surface area contributed by atoms with Crippen LogP contribution in [0.1, 0.15) is 33.2 Å². The minimum absolute atomic E-state index is 0.140. The largest absolute Gasteiger partial charge is 0.298 e. The highest BCUT2D eigenvalue weighted by atomic mass is 79.9. The quantitative estimate of drug-likeness (QED) is 0.599. The number of nitrogens with zero attached hydrogens (tertiary/aromatic N) is 1. The van der Waals surface area contributed by atoms with Gasteiger partial charge in [-0.05, 0) is 35.0 Å². The Morgan fingerprint density at radius 2 is 2.21 bits per heavy atom. The van der Waals surface area contributed by atoms with Gasteiger partial charge in [0.2, 0.25) is 0 Å². The van der Waals surface area contributed by atoms with Gasteiger partial charge in [0, 0.05) is 15.6 Å². The predicted molar refractivity (Wildman–Crippen MR) is 54.2 cm³/mol. The van der Waals surface area contributed by atoms with Gasteiger partial charge in [-0.15, -0.1) is 0 Å². The Hall–Kier alpha value is -1.47. The van der Waals surface area contributed by atoms with Crippen LogP contribution in [0.5, 0.6) is 0 Å². The molecule has 0 N–H and O–H groups in total. The molecule has 0 fully saturated rings. The van der Waals surface area contributed by atoms with E-state index in [1.54, 1.807) is 0 Å². The number of nitriles is 1. The van der Waals surface area contributed by atoms with Gasteiger partial charge in [0.15, 0.2) is 12.1 Å². The second-order valence-electron chi connectivity index (χ2n) is 2.71. The topological polar surface area (TPSA) is 57.9 Å². The summed E-state index contributed by atoms with van der Waals surface area (Å²) in [4.78, 5) is 21.7. The predicted octanol–water partition coefficient (Wildman–Crippen LogP) is 2.34. The van der Waals surface area contributed by atoms with Crippen molar-refractivity contribution in [1.82, 2.24) is 0 Å². The van der Waals surface area contributed by atoms with E-state index in [9.17, 15) is 9.59 Å². The second kappa shape index (κ2) is 4.16. The molecule has 14 heavy (non-hydrogen) atoms. The van der Waals surface area contributed by atoms with Crippen LogP contribution in [0, 0.1) is 11.3 Å². The monoisotopic (exact) mass is 251 g/mol. The number of hydrogen-bond donors (Lipinski definition) is 0. The molecule has 0 aliphatic rings. The van der Waals surface area contributed by atoms with Gasteiger partial charge in [0.1, 0.15) is 6.07 Å². The lowest BCUT2D eigenvalue weighted by atomic mass is 10.0. The molecule has 0 radical (unpaired) electrons. The first-order chi connectivity index (χ1) is 6.60. The molecule has 0 saturated heterocycles. The lowest BCUT2D eigenvalue weighted by Gasteiger charge is -2.02. The van der Waals surface area contributed by atoms with Crippen LogP contribution in [0.3, 0.4) is 0 Å². The maximum Gasteiger partial charge on any atom is 0.159 e. The zero-order valence-corrected chi connectivity index (χ0v) is 8.96. The summed E-state index contributed by atoms with van der Waals surface area (Å²) in [6, 6.07) is 4.84. The van der Waals surface area contributed by atoms with E-state index in [0.717, 1.165) is 0 Å². The van der Waals surface area contributed by atoms with Crippen molar-refractivity contribution in [2.75, 3.05) is 0 Å². The summed E-state index contributed by atoms with van der Waals surface area (Å²) < 4.78 is 0.467. The van der Waals surface area contributed by atoms with Crippen LogP contribution in [0.15, 0.2) is 16.6 Å². The van der Waals surface area contributed by atoms with Crippen molar-refractivity contribution >= 4 is 28.0 Å². The number of rotatable bonds is 2. The molecule has 0 spiro atoms.